The highest BCUT2D eigenvalue weighted by atomic mass is 35.5. The molecule has 0 bridgehead atoms. The van der Waals surface area contributed by atoms with E-state index in [1.807, 2.05) is 18.2 Å². The fraction of sp³-hybridized carbons (Fsp3) is 0.562. The predicted molar refractivity (Wildman–Crippen MR) is 80.7 cm³/mol. The minimum atomic E-state index is 0.134. The van der Waals surface area contributed by atoms with Gasteiger partial charge in [0.2, 0.25) is 5.91 Å². The minimum absolute atomic E-state index is 0.134. The molecule has 1 aromatic rings. The van der Waals surface area contributed by atoms with Crippen molar-refractivity contribution in [1.82, 2.24) is 10.2 Å². The van der Waals surface area contributed by atoms with Crippen molar-refractivity contribution < 1.29 is 4.79 Å². The van der Waals surface area contributed by atoms with E-state index in [1.165, 1.54) is 5.56 Å². The van der Waals surface area contributed by atoms with Crippen LogP contribution in [0, 0.1) is 11.8 Å². The summed E-state index contributed by atoms with van der Waals surface area (Å²) in [6.07, 6.45) is 2.12. The molecule has 1 amide bonds. The van der Waals surface area contributed by atoms with Crippen LogP contribution in [0.25, 0.3) is 0 Å². The zero-order valence-electron chi connectivity index (χ0n) is 11.8. The molecule has 3 nitrogen and oxygen atoms in total. The smallest absolute Gasteiger partial charge is 0.227 e. The van der Waals surface area contributed by atoms with Crippen LogP contribution in [0.2, 0.25) is 5.02 Å². The van der Waals surface area contributed by atoms with Crippen molar-refractivity contribution in [1.29, 1.82) is 0 Å². The number of likely N-dealkylation sites (tertiary alicyclic amines) is 1. The lowest BCUT2D eigenvalue weighted by molar-refractivity contribution is -0.136. The van der Waals surface area contributed by atoms with Gasteiger partial charge in [0.25, 0.3) is 0 Å². The Morgan fingerprint density at radius 2 is 2.25 bits per heavy atom. The Morgan fingerprint density at radius 1 is 1.40 bits per heavy atom. The van der Waals surface area contributed by atoms with Crippen LogP contribution < -0.4 is 5.32 Å². The largest absolute Gasteiger partial charge is 0.335 e. The van der Waals surface area contributed by atoms with Crippen LogP contribution in [0.4, 0.5) is 0 Å². The first kappa shape index (κ1) is 13.9. The van der Waals surface area contributed by atoms with Crippen molar-refractivity contribution in [3.63, 3.8) is 0 Å². The van der Waals surface area contributed by atoms with Gasteiger partial charge in [0, 0.05) is 18.1 Å². The van der Waals surface area contributed by atoms with Crippen LogP contribution in [-0.2, 0) is 4.79 Å². The Kier molecular flexibility index (Phi) is 3.99. The molecule has 2 aliphatic rings. The molecule has 2 saturated heterocycles. The zero-order chi connectivity index (χ0) is 14.1. The third-order valence-corrected chi connectivity index (χ3v) is 4.84. The molecule has 0 saturated carbocycles. The molecule has 0 aromatic heterocycles. The number of rotatable bonds is 2. The van der Waals surface area contributed by atoms with Crippen LogP contribution in [0.1, 0.15) is 31.4 Å². The fourth-order valence-corrected chi connectivity index (χ4v) is 3.64. The first-order chi connectivity index (χ1) is 9.66. The van der Waals surface area contributed by atoms with Gasteiger partial charge in [-0.1, -0.05) is 30.7 Å². The number of carbonyl (C=O) groups is 1. The maximum atomic E-state index is 12.8. The maximum absolute atomic E-state index is 12.8. The molecule has 2 fully saturated rings. The highest BCUT2D eigenvalue weighted by Crippen LogP contribution is 2.35. The summed E-state index contributed by atoms with van der Waals surface area (Å²) < 4.78 is 0. The lowest BCUT2D eigenvalue weighted by Gasteiger charge is -2.29. The van der Waals surface area contributed by atoms with E-state index >= 15 is 0 Å². The quantitative estimate of drug-likeness (QED) is 0.909. The molecule has 0 aliphatic carbocycles. The van der Waals surface area contributed by atoms with E-state index in [4.69, 9.17) is 11.6 Å². The summed E-state index contributed by atoms with van der Waals surface area (Å²) in [5, 5.41) is 4.07. The summed E-state index contributed by atoms with van der Waals surface area (Å²) in [6.45, 7) is 4.80. The summed E-state index contributed by atoms with van der Waals surface area (Å²) in [4.78, 5) is 14.8. The monoisotopic (exact) mass is 292 g/mol. The average molecular weight is 293 g/mol. The molecule has 2 aliphatic heterocycles. The first-order valence-electron chi connectivity index (χ1n) is 7.43. The Bertz CT molecular complexity index is 505. The molecule has 1 N–H and O–H groups in total. The predicted octanol–water partition coefficient (Wildman–Crippen LogP) is 2.86. The van der Waals surface area contributed by atoms with Crippen molar-refractivity contribution in [3.05, 3.63) is 34.9 Å². The van der Waals surface area contributed by atoms with E-state index in [1.54, 1.807) is 0 Å². The molecular weight excluding hydrogens is 272 g/mol. The molecule has 3 rings (SSSR count). The molecular formula is C16H21ClN2O. The third-order valence-electron chi connectivity index (χ3n) is 4.60. The van der Waals surface area contributed by atoms with Gasteiger partial charge in [-0.15, -0.1) is 0 Å². The highest BCUT2D eigenvalue weighted by molar-refractivity contribution is 6.30. The summed E-state index contributed by atoms with van der Waals surface area (Å²) in [6, 6.07) is 8.13. The average Bonchev–Trinajstić information content (AvgIpc) is 3.06. The van der Waals surface area contributed by atoms with Crippen LogP contribution in [-0.4, -0.2) is 30.4 Å². The van der Waals surface area contributed by atoms with Crippen molar-refractivity contribution >= 4 is 17.5 Å². The third kappa shape index (κ3) is 2.57. The van der Waals surface area contributed by atoms with E-state index in [0.29, 0.717) is 11.8 Å². The number of nitrogens with zero attached hydrogens (tertiary/aromatic N) is 1. The molecule has 1 aromatic carbocycles. The zero-order valence-corrected chi connectivity index (χ0v) is 12.6. The molecule has 0 spiro atoms. The number of amides is 1. The summed E-state index contributed by atoms with van der Waals surface area (Å²) in [7, 11) is 0. The van der Waals surface area contributed by atoms with Gasteiger partial charge in [0.1, 0.15) is 0 Å². The molecule has 3 atom stereocenters. The molecule has 2 heterocycles. The van der Waals surface area contributed by atoms with Crippen LogP contribution in [0.3, 0.4) is 0 Å². The first-order valence-corrected chi connectivity index (χ1v) is 7.81. The minimum Gasteiger partial charge on any atom is -0.335 e. The van der Waals surface area contributed by atoms with E-state index in [-0.39, 0.29) is 12.0 Å². The second-order valence-electron chi connectivity index (χ2n) is 5.99. The Morgan fingerprint density at radius 3 is 2.95 bits per heavy atom. The van der Waals surface area contributed by atoms with Gasteiger partial charge in [-0.3, -0.25) is 4.79 Å². The van der Waals surface area contributed by atoms with Gasteiger partial charge in [0.15, 0.2) is 0 Å². The van der Waals surface area contributed by atoms with Crippen molar-refractivity contribution in [3.8, 4) is 0 Å². The number of benzene rings is 1. The molecule has 20 heavy (non-hydrogen) atoms. The van der Waals surface area contributed by atoms with E-state index in [0.717, 1.165) is 37.5 Å². The topological polar surface area (TPSA) is 32.3 Å². The van der Waals surface area contributed by atoms with Gasteiger partial charge >= 0.3 is 0 Å². The number of hydrogen-bond acceptors (Lipinski definition) is 2. The fourth-order valence-electron chi connectivity index (χ4n) is 3.44. The highest BCUT2D eigenvalue weighted by Gasteiger charge is 2.37. The van der Waals surface area contributed by atoms with E-state index in [2.05, 4.69) is 23.2 Å². The van der Waals surface area contributed by atoms with Crippen molar-refractivity contribution in [2.24, 2.45) is 11.8 Å². The number of hydrogen-bond donors (Lipinski definition) is 1. The van der Waals surface area contributed by atoms with Gasteiger partial charge in [-0.05, 0) is 43.0 Å². The van der Waals surface area contributed by atoms with Crippen LogP contribution in [0.5, 0.6) is 0 Å². The van der Waals surface area contributed by atoms with Gasteiger partial charge in [0.05, 0.1) is 12.0 Å². The Balaban J connectivity index is 1.80. The Hall–Kier alpha value is -1.06. The molecule has 0 radical (unpaired) electrons. The molecule has 4 heteroatoms. The van der Waals surface area contributed by atoms with Crippen molar-refractivity contribution in [2.75, 3.05) is 19.6 Å². The number of halogens is 1. The summed E-state index contributed by atoms with van der Waals surface area (Å²) in [5.41, 5.74) is 1.17. The summed E-state index contributed by atoms with van der Waals surface area (Å²) in [5.74, 6) is 0.878. The second-order valence-corrected chi connectivity index (χ2v) is 6.42. The summed E-state index contributed by atoms with van der Waals surface area (Å²) >= 11 is 6.09. The van der Waals surface area contributed by atoms with E-state index < -0.39 is 0 Å². The van der Waals surface area contributed by atoms with Crippen LogP contribution in [0.15, 0.2) is 24.3 Å². The van der Waals surface area contributed by atoms with Crippen LogP contribution >= 0.6 is 11.6 Å². The molecule has 108 valence electrons. The normalized spacial score (nSPS) is 29.9. The van der Waals surface area contributed by atoms with Gasteiger partial charge in [-0.25, -0.2) is 0 Å². The second kappa shape index (κ2) is 5.74. The standard InChI is InChI=1S/C16H21ClN2O/c1-11-9-18-10-14(11)16(20)19-7-3-6-15(19)12-4-2-5-13(17)8-12/h2,4-5,8,11,14-15,18H,3,6-7,9-10H2,1H3/t11-,14-,15?/m1/s1. The lowest BCUT2D eigenvalue weighted by Crippen LogP contribution is -2.38. The van der Waals surface area contributed by atoms with E-state index in [9.17, 15) is 4.79 Å². The number of carbonyl (C=O) groups excluding carboxylic acids is 1. The molecule has 1 unspecified atom stereocenters. The SMILES string of the molecule is C[C@@H]1CNC[C@H]1C(=O)N1CCCC1c1cccc(Cl)c1. The van der Waals surface area contributed by atoms with Gasteiger partial charge < -0.3 is 10.2 Å². The van der Waals surface area contributed by atoms with Crippen molar-refractivity contribution in [2.45, 2.75) is 25.8 Å². The lowest BCUT2D eigenvalue weighted by atomic mass is 9.95. The number of nitrogens with one attached hydrogen (secondary N) is 1. The Labute approximate surface area is 125 Å². The van der Waals surface area contributed by atoms with Gasteiger partial charge in [-0.2, -0.15) is 0 Å². The maximum Gasteiger partial charge on any atom is 0.227 e.